The predicted octanol–water partition coefficient (Wildman–Crippen LogP) is 3.01. The second-order valence-corrected chi connectivity index (χ2v) is 10.6. The van der Waals surface area contributed by atoms with Gasteiger partial charge >= 0.3 is 6.18 Å². The number of aromatic nitrogens is 3. The van der Waals surface area contributed by atoms with Gasteiger partial charge in [-0.2, -0.15) is 18.3 Å². The van der Waals surface area contributed by atoms with E-state index in [0.29, 0.717) is 17.0 Å². The number of nitrogens with one attached hydrogen (secondary N) is 2. The molecule has 1 aliphatic carbocycles. The van der Waals surface area contributed by atoms with Crippen LogP contribution >= 0.6 is 0 Å². The minimum Gasteiger partial charge on any atom is -0.481 e. The molecule has 0 radical (unpaired) electrons. The Morgan fingerprint density at radius 1 is 1.34 bits per heavy atom. The molecule has 2 heterocycles. The molecular formula is C20H25F3N4O4S. The highest BCUT2D eigenvalue weighted by Gasteiger charge is 2.40. The number of hydrogen-bond acceptors (Lipinski definition) is 6. The number of nitrogens with zero attached hydrogens (tertiary/aromatic N) is 2. The smallest absolute Gasteiger partial charge is 0.425 e. The van der Waals surface area contributed by atoms with Gasteiger partial charge in [-0.25, -0.2) is 8.42 Å². The van der Waals surface area contributed by atoms with E-state index in [1.54, 1.807) is 13.0 Å². The highest BCUT2D eigenvalue weighted by Crippen LogP contribution is 2.44. The number of carbonyl (C=O) groups is 1. The fourth-order valence-electron chi connectivity index (χ4n) is 3.35. The molecule has 2 aromatic rings. The van der Waals surface area contributed by atoms with Gasteiger partial charge in [-0.1, -0.05) is 0 Å². The molecule has 1 unspecified atom stereocenters. The van der Waals surface area contributed by atoms with Crippen molar-refractivity contribution in [1.29, 1.82) is 0 Å². The van der Waals surface area contributed by atoms with Crippen LogP contribution in [0.3, 0.4) is 0 Å². The number of ether oxygens (including phenoxy) is 1. The van der Waals surface area contributed by atoms with Gasteiger partial charge in [0, 0.05) is 29.8 Å². The van der Waals surface area contributed by atoms with Gasteiger partial charge in [0.25, 0.3) is 5.91 Å². The first-order valence-electron chi connectivity index (χ1n) is 9.94. The number of pyridine rings is 1. The summed E-state index contributed by atoms with van der Waals surface area (Å²) in [4.78, 5) is 17.1. The van der Waals surface area contributed by atoms with Gasteiger partial charge in [-0.3, -0.25) is 14.9 Å². The number of alkyl halides is 3. The number of H-pyrrole nitrogens is 1. The molecule has 1 fully saturated rings. The van der Waals surface area contributed by atoms with Crippen LogP contribution in [0.25, 0.3) is 0 Å². The Morgan fingerprint density at radius 3 is 2.50 bits per heavy atom. The standard InChI is InChI=1S/C20H25F3N4O4S/c1-11-7-17(27-26-11)19(3,10-32(4,29)30)25-18(28)15-8-16(31-12(2)20(21,22)23)14(9-24-15)13-5-6-13/h7-9,12-13H,5-6,10H2,1-4H3,(H,25,28)(H,26,27)/t12-,19?/m0/s1. The molecule has 0 aromatic carbocycles. The van der Waals surface area contributed by atoms with Crippen LogP contribution in [0.4, 0.5) is 13.2 Å². The Hall–Kier alpha value is -2.63. The van der Waals surface area contributed by atoms with Crippen molar-refractivity contribution in [1.82, 2.24) is 20.5 Å². The van der Waals surface area contributed by atoms with Gasteiger partial charge < -0.3 is 10.1 Å². The van der Waals surface area contributed by atoms with Crippen LogP contribution in [0.15, 0.2) is 18.3 Å². The van der Waals surface area contributed by atoms with Crippen molar-refractivity contribution < 1.29 is 31.1 Å². The van der Waals surface area contributed by atoms with Gasteiger partial charge in [0.15, 0.2) is 6.10 Å². The molecule has 1 aliphatic rings. The molecule has 2 atom stereocenters. The summed E-state index contributed by atoms with van der Waals surface area (Å²) in [5.41, 5.74) is -0.111. The van der Waals surface area contributed by atoms with Gasteiger partial charge in [0.05, 0.1) is 17.0 Å². The van der Waals surface area contributed by atoms with E-state index < -0.39 is 39.3 Å². The van der Waals surface area contributed by atoms with E-state index in [1.165, 1.54) is 19.2 Å². The lowest BCUT2D eigenvalue weighted by Gasteiger charge is -2.28. The molecule has 0 bridgehead atoms. The molecule has 3 rings (SSSR count). The summed E-state index contributed by atoms with van der Waals surface area (Å²) in [6, 6.07) is 2.77. The van der Waals surface area contributed by atoms with Gasteiger partial charge in [-0.15, -0.1) is 0 Å². The Morgan fingerprint density at radius 2 is 2.00 bits per heavy atom. The SMILES string of the molecule is Cc1cc(C(C)(CS(C)(=O)=O)NC(=O)c2cc(O[C@@H](C)C(F)(F)F)c(C3CC3)cn2)n[nH]1. The third-order valence-corrected chi connectivity index (χ3v) is 6.22. The molecule has 0 spiro atoms. The van der Waals surface area contributed by atoms with Crippen molar-refractivity contribution in [2.75, 3.05) is 12.0 Å². The van der Waals surface area contributed by atoms with Crippen LogP contribution in [0, 0.1) is 6.92 Å². The van der Waals surface area contributed by atoms with Crippen molar-refractivity contribution >= 4 is 15.7 Å². The summed E-state index contributed by atoms with van der Waals surface area (Å²) >= 11 is 0. The Labute approximate surface area is 183 Å². The summed E-state index contributed by atoms with van der Waals surface area (Å²) in [5, 5.41) is 9.41. The van der Waals surface area contributed by atoms with Crippen LogP contribution in [0.1, 0.15) is 60.0 Å². The molecule has 1 saturated carbocycles. The number of aromatic amines is 1. The third kappa shape index (κ3) is 5.78. The summed E-state index contributed by atoms with van der Waals surface area (Å²) in [6.45, 7) is 4.12. The fraction of sp³-hybridized carbons (Fsp3) is 0.550. The molecule has 2 N–H and O–H groups in total. The highest BCUT2D eigenvalue weighted by atomic mass is 32.2. The van der Waals surface area contributed by atoms with E-state index in [2.05, 4.69) is 20.5 Å². The summed E-state index contributed by atoms with van der Waals surface area (Å²) in [5.74, 6) is -1.22. The van der Waals surface area contributed by atoms with Crippen LogP contribution in [0.5, 0.6) is 5.75 Å². The van der Waals surface area contributed by atoms with Crippen molar-refractivity contribution in [2.45, 2.75) is 57.3 Å². The van der Waals surface area contributed by atoms with Crippen molar-refractivity contribution in [2.24, 2.45) is 0 Å². The molecule has 1 amide bonds. The lowest BCUT2D eigenvalue weighted by molar-refractivity contribution is -0.189. The van der Waals surface area contributed by atoms with E-state index in [-0.39, 0.29) is 17.4 Å². The lowest BCUT2D eigenvalue weighted by Crippen LogP contribution is -2.48. The molecule has 0 saturated heterocycles. The zero-order valence-electron chi connectivity index (χ0n) is 18.1. The maximum absolute atomic E-state index is 13.0. The first-order valence-corrected chi connectivity index (χ1v) is 12.0. The first kappa shape index (κ1) is 24.0. The quantitative estimate of drug-likeness (QED) is 0.608. The minimum atomic E-state index is -4.57. The number of carbonyl (C=O) groups excluding carboxylic acids is 1. The fourth-order valence-corrected chi connectivity index (χ4v) is 4.61. The average Bonchev–Trinajstić information content (AvgIpc) is 3.39. The maximum atomic E-state index is 13.0. The molecule has 2 aromatic heterocycles. The summed E-state index contributed by atoms with van der Waals surface area (Å²) in [6.07, 6.45) is -2.66. The molecule has 176 valence electrons. The van der Waals surface area contributed by atoms with Crippen LogP contribution < -0.4 is 10.1 Å². The molecule has 8 nitrogen and oxygen atoms in total. The second-order valence-electron chi connectivity index (χ2n) is 8.48. The molecule has 32 heavy (non-hydrogen) atoms. The highest BCUT2D eigenvalue weighted by molar-refractivity contribution is 7.90. The van der Waals surface area contributed by atoms with E-state index in [1.807, 2.05) is 0 Å². The first-order chi connectivity index (χ1) is 14.7. The van der Waals surface area contributed by atoms with Crippen LogP contribution in [0.2, 0.25) is 0 Å². The largest absolute Gasteiger partial charge is 0.481 e. The molecule has 12 heteroatoms. The zero-order valence-corrected chi connectivity index (χ0v) is 18.9. The number of hydrogen-bond donors (Lipinski definition) is 2. The number of sulfone groups is 1. The normalized spacial score (nSPS) is 17.5. The Balaban J connectivity index is 1.92. The van der Waals surface area contributed by atoms with Crippen LogP contribution in [-0.2, 0) is 15.4 Å². The zero-order chi connectivity index (χ0) is 23.9. The Bertz CT molecular complexity index is 1110. The van der Waals surface area contributed by atoms with E-state index >= 15 is 0 Å². The topological polar surface area (TPSA) is 114 Å². The van der Waals surface area contributed by atoms with Gasteiger partial charge in [0.1, 0.15) is 21.3 Å². The second kappa shape index (κ2) is 8.38. The Kier molecular flexibility index (Phi) is 6.29. The summed E-state index contributed by atoms with van der Waals surface area (Å²) in [7, 11) is -3.54. The van der Waals surface area contributed by atoms with Crippen molar-refractivity contribution in [3.63, 3.8) is 0 Å². The maximum Gasteiger partial charge on any atom is 0.425 e. The minimum absolute atomic E-state index is 0.0394. The van der Waals surface area contributed by atoms with Gasteiger partial charge in [-0.05, 0) is 45.6 Å². The molecule has 0 aliphatic heterocycles. The number of amides is 1. The molecular weight excluding hydrogens is 449 g/mol. The number of rotatable bonds is 8. The number of halogens is 3. The summed E-state index contributed by atoms with van der Waals surface area (Å²) < 4.78 is 68.2. The van der Waals surface area contributed by atoms with Crippen molar-refractivity contribution in [3.05, 3.63) is 41.0 Å². The van der Waals surface area contributed by atoms with E-state index in [4.69, 9.17) is 4.74 Å². The van der Waals surface area contributed by atoms with E-state index in [0.717, 1.165) is 26.0 Å². The number of aryl methyl sites for hydroxylation is 1. The monoisotopic (exact) mass is 474 g/mol. The van der Waals surface area contributed by atoms with Crippen LogP contribution in [-0.4, -0.2) is 53.8 Å². The van der Waals surface area contributed by atoms with Gasteiger partial charge in [0.2, 0.25) is 0 Å². The third-order valence-electron chi connectivity index (χ3n) is 5.12. The predicted molar refractivity (Wildman–Crippen MR) is 110 cm³/mol. The average molecular weight is 475 g/mol. The van der Waals surface area contributed by atoms with E-state index in [9.17, 15) is 26.4 Å². The lowest BCUT2D eigenvalue weighted by atomic mass is 9.99. The van der Waals surface area contributed by atoms with Crippen molar-refractivity contribution in [3.8, 4) is 5.75 Å².